The second kappa shape index (κ2) is 15.5. The van der Waals surface area contributed by atoms with E-state index in [0.29, 0.717) is 17.4 Å². The van der Waals surface area contributed by atoms with Crippen LogP contribution in [0.5, 0.6) is 5.19 Å². The van der Waals surface area contributed by atoms with Crippen LogP contribution in [0.1, 0.15) is 43.6 Å². The van der Waals surface area contributed by atoms with Crippen LogP contribution in [0.4, 0.5) is 0 Å². The van der Waals surface area contributed by atoms with Gasteiger partial charge < -0.3 is 14.2 Å². The second-order valence-corrected chi connectivity index (χ2v) is 7.32. The number of carbonyl (C=O) groups excluding carboxylic acids is 1. The quantitative estimate of drug-likeness (QED) is 0.280. The summed E-state index contributed by atoms with van der Waals surface area (Å²) in [5.74, 6) is 0.0707. The van der Waals surface area contributed by atoms with Crippen LogP contribution >= 0.6 is 27.3 Å². The smallest absolute Gasteiger partial charge is 0.274 e. The zero-order valence-corrected chi connectivity index (χ0v) is 18.8. The summed E-state index contributed by atoms with van der Waals surface area (Å²) in [6.07, 6.45) is 1.67. The minimum Gasteiger partial charge on any atom is -0.465 e. The molecule has 0 atom stereocenters. The Morgan fingerprint density at radius 3 is 2.15 bits per heavy atom. The summed E-state index contributed by atoms with van der Waals surface area (Å²) in [4.78, 5) is 15.2. The van der Waals surface area contributed by atoms with Gasteiger partial charge >= 0.3 is 0 Å². The van der Waals surface area contributed by atoms with Crippen molar-refractivity contribution in [3.63, 3.8) is 0 Å². The average Bonchev–Trinajstić information content (AvgIpc) is 3.08. The second-order valence-electron chi connectivity index (χ2n) is 4.95. The van der Waals surface area contributed by atoms with Crippen LogP contribution in [-0.2, 0) is 16.1 Å². The van der Waals surface area contributed by atoms with Crippen molar-refractivity contribution in [2.45, 2.75) is 40.6 Å². The van der Waals surface area contributed by atoms with Gasteiger partial charge in [0.15, 0.2) is 12.1 Å². The maximum Gasteiger partial charge on any atom is 0.274 e. The fraction of sp³-hybridized carbons (Fsp3) is 0.400. The van der Waals surface area contributed by atoms with Crippen LogP contribution in [0.25, 0.3) is 0 Å². The Morgan fingerprint density at radius 2 is 1.74 bits per heavy atom. The third kappa shape index (κ3) is 11.7. The van der Waals surface area contributed by atoms with Crippen molar-refractivity contribution in [1.29, 1.82) is 0 Å². The molecule has 0 saturated heterocycles. The molecule has 1 heterocycles. The Morgan fingerprint density at radius 1 is 1.19 bits per heavy atom. The lowest BCUT2D eigenvalue weighted by Gasteiger charge is -2.09. The molecule has 2 aromatic rings. The van der Waals surface area contributed by atoms with Crippen LogP contribution in [-0.4, -0.2) is 30.3 Å². The molecule has 0 N–H and O–H groups in total. The van der Waals surface area contributed by atoms with Crippen LogP contribution in [0.15, 0.2) is 47.4 Å². The van der Waals surface area contributed by atoms with E-state index in [-0.39, 0.29) is 12.1 Å². The average molecular weight is 458 g/mol. The molecule has 0 bridgehead atoms. The van der Waals surface area contributed by atoms with E-state index in [9.17, 15) is 4.79 Å². The molecule has 0 spiro atoms. The molecule has 27 heavy (non-hydrogen) atoms. The van der Waals surface area contributed by atoms with Gasteiger partial charge in [0.1, 0.15) is 6.61 Å². The number of carbonyl (C=O) groups is 1. The highest BCUT2D eigenvalue weighted by Gasteiger charge is 2.02. The Bertz CT molecular complexity index is 640. The number of nitrogens with zero attached hydrogens (tertiary/aromatic N) is 1. The van der Waals surface area contributed by atoms with Crippen molar-refractivity contribution in [3.8, 4) is 5.19 Å². The summed E-state index contributed by atoms with van der Waals surface area (Å²) in [7, 11) is 0. The van der Waals surface area contributed by atoms with E-state index in [1.54, 1.807) is 25.3 Å². The highest BCUT2D eigenvalue weighted by Crippen LogP contribution is 2.25. The van der Waals surface area contributed by atoms with Crippen molar-refractivity contribution in [2.24, 2.45) is 0 Å². The van der Waals surface area contributed by atoms with Crippen molar-refractivity contribution in [3.05, 3.63) is 58.5 Å². The molecule has 2 rings (SSSR count). The summed E-state index contributed by atoms with van der Waals surface area (Å²) >= 11 is 4.77. The normalized spacial score (nSPS) is 9.70. The third-order valence-electron chi connectivity index (χ3n) is 2.98. The molecular weight excluding hydrogens is 430 g/mol. The first-order chi connectivity index (χ1) is 13.0. The molecule has 7 heteroatoms. The van der Waals surface area contributed by atoms with Crippen molar-refractivity contribution < 1.29 is 19.0 Å². The van der Waals surface area contributed by atoms with Gasteiger partial charge in [-0.3, -0.25) is 4.79 Å². The minimum atomic E-state index is -0.0370. The summed E-state index contributed by atoms with van der Waals surface area (Å²) in [5.41, 5.74) is 1.73. The number of benzene rings is 1. The van der Waals surface area contributed by atoms with Crippen LogP contribution in [0.2, 0.25) is 0 Å². The number of Topliss-reactive ketones (excluding diaryl/α,β-unsaturated/α-hetero) is 1. The Hall–Kier alpha value is -1.54. The highest BCUT2D eigenvalue weighted by molar-refractivity contribution is 9.11. The zero-order chi connectivity index (χ0) is 20.7. The van der Waals surface area contributed by atoms with Gasteiger partial charge in [-0.2, -0.15) is 0 Å². The first kappa shape index (κ1) is 25.5. The molecule has 0 aliphatic heterocycles. The fourth-order valence-electron chi connectivity index (χ4n) is 1.80. The van der Waals surface area contributed by atoms with Gasteiger partial charge in [-0.25, -0.2) is 4.98 Å². The predicted molar refractivity (Wildman–Crippen MR) is 115 cm³/mol. The van der Waals surface area contributed by atoms with Gasteiger partial charge in [-0.15, -0.1) is 13.2 Å². The van der Waals surface area contributed by atoms with E-state index in [4.69, 9.17) is 14.2 Å². The van der Waals surface area contributed by atoms with Gasteiger partial charge in [-0.1, -0.05) is 35.6 Å². The van der Waals surface area contributed by atoms with Gasteiger partial charge in [0, 0.05) is 18.8 Å². The topological polar surface area (TPSA) is 57.7 Å². The molecule has 150 valence electrons. The van der Waals surface area contributed by atoms with E-state index in [1.807, 2.05) is 32.9 Å². The summed E-state index contributed by atoms with van der Waals surface area (Å²) in [6.45, 7) is 15.3. The molecule has 0 aliphatic rings. The maximum absolute atomic E-state index is 11.1. The maximum atomic E-state index is 11.1. The van der Waals surface area contributed by atoms with E-state index in [0.717, 1.165) is 22.6 Å². The molecule has 0 aliphatic carbocycles. The van der Waals surface area contributed by atoms with Crippen LogP contribution < -0.4 is 4.74 Å². The van der Waals surface area contributed by atoms with E-state index in [2.05, 4.69) is 34.1 Å². The number of ether oxygens (including phenoxy) is 3. The molecule has 5 nitrogen and oxygen atoms in total. The Kier molecular flexibility index (Phi) is 14.6. The van der Waals surface area contributed by atoms with E-state index < -0.39 is 0 Å². The van der Waals surface area contributed by atoms with Gasteiger partial charge in [0.05, 0.1) is 9.98 Å². The minimum absolute atomic E-state index is 0.0370. The summed E-state index contributed by atoms with van der Waals surface area (Å²) in [6, 6.07) is 7.39. The largest absolute Gasteiger partial charge is 0.465 e. The molecule has 0 radical (unpaired) electrons. The van der Waals surface area contributed by atoms with Crippen LogP contribution in [0, 0.1) is 0 Å². The number of ketones is 1. The molecular formula is C20H28BrNO4S. The number of thiazole rings is 1. The SMILES string of the molecule is C=C.CC(=O)c1ccc(COc2ncc(Br)s2)cc1.CCOC(C)OCC. The number of hydrogen-bond acceptors (Lipinski definition) is 6. The van der Waals surface area contributed by atoms with Crippen molar-refractivity contribution in [1.82, 2.24) is 4.98 Å². The van der Waals surface area contributed by atoms with Crippen LogP contribution in [0.3, 0.4) is 0 Å². The zero-order valence-electron chi connectivity index (χ0n) is 16.4. The standard InChI is InChI=1S/C12H10BrNO2S.C6H14O2.C2H4/c1-8(15)10-4-2-9(3-5-10)7-16-12-14-6-11(13)17-12;1-4-7-6(3)8-5-2;1-2/h2-6H,7H2,1H3;6H,4-5H2,1-3H3;1-2H2. The van der Waals surface area contributed by atoms with Crippen molar-refractivity contribution in [2.75, 3.05) is 13.2 Å². The van der Waals surface area contributed by atoms with E-state index >= 15 is 0 Å². The fourth-order valence-corrected chi connectivity index (χ4v) is 2.82. The number of halogens is 1. The molecule has 0 fully saturated rings. The lowest BCUT2D eigenvalue weighted by Crippen LogP contribution is -2.11. The van der Waals surface area contributed by atoms with Gasteiger partial charge in [0.25, 0.3) is 5.19 Å². The van der Waals surface area contributed by atoms with E-state index in [1.165, 1.54) is 11.3 Å². The molecule has 1 aromatic heterocycles. The molecule has 1 aromatic carbocycles. The summed E-state index contributed by atoms with van der Waals surface area (Å²) < 4.78 is 16.6. The Labute approximate surface area is 174 Å². The third-order valence-corrected chi connectivity index (χ3v) is 4.37. The predicted octanol–water partition coefficient (Wildman–Crippen LogP) is 5.89. The van der Waals surface area contributed by atoms with Gasteiger partial charge in [0.2, 0.25) is 0 Å². The highest BCUT2D eigenvalue weighted by atomic mass is 79.9. The number of aromatic nitrogens is 1. The molecule has 0 saturated carbocycles. The lowest BCUT2D eigenvalue weighted by molar-refractivity contribution is -0.123. The molecule has 0 amide bonds. The first-order valence-corrected chi connectivity index (χ1v) is 10.1. The number of hydrogen-bond donors (Lipinski definition) is 0. The first-order valence-electron chi connectivity index (χ1n) is 8.53. The lowest BCUT2D eigenvalue weighted by atomic mass is 10.1. The summed E-state index contributed by atoms with van der Waals surface area (Å²) in [5, 5.41) is 0.632. The monoisotopic (exact) mass is 457 g/mol. The Balaban J connectivity index is 0.000000574. The number of rotatable bonds is 8. The van der Waals surface area contributed by atoms with Crippen molar-refractivity contribution >= 4 is 33.0 Å². The van der Waals surface area contributed by atoms with Gasteiger partial charge in [-0.05, 0) is 49.2 Å². The molecule has 0 unspecified atom stereocenters.